The van der Waals surface area contributed by atoms with Crippen LogP contribution < -0.4 is 5.73 Å². The van der Waals surface area contributed by atoms with Crippen LogP contribution >= 0.6 is 11.6 Å². The Morgan fingerprint density at radius 3 is 2.72 bits per heavy atom. The maximum atomic E-state index is 14.0. The zero-order valence-corrected chi connectivity index (χ0v) is 11.9. The summed E-state index contributed by atoms with van der Waals surface area (Å²) < 4.78 is 14.0. The number of unbranched alkanes of at least 4 members (excludes halogenated alkanes) is 2. The molecule has 0 fully saturated rings. The van der Waals surface area contributed by atoms with Gasteiger partial charge in [-0.2, -0.15) is 0 Å². The first kappa shape index (κ1) is 15.4. The molecule has 0 spiro atoms. The van der Waals surface area contributed by atoms with Crippen LogP contribution in [0.15, 0.2) is 18.2 Å². The number of nitrogens with zero attached hydrogens (tertiary/aromatic N) is 1. The smallest absolute Gasteiger partial charge is 0.146 e. The van der Waals surface area contributed by atoms with Gasteiger partial charge in [-0.15, -0.1) is 0 Å². The van der Waals surface area contributed by atoms with E-state index in [1.54, 1.807) is 18.2 Å². The third-order valence-electron chi connectivity index (χ3n) is 3.21. The first-order valence-corrected chi connectivity index (χ1v) is 6.83. The van der Waals surface area contributed by atoms with E-state index in [4.69, 9.17) is 17.3 Å². The van der Waals surface area contributed by atoms with Gasteiger partial charge in [0.05, 0.1) is 5.02 Å². The van der Waals surface area contributed by atoms with Gasteiger partial charge in [-0.3, -0.25) is 4.90 Å². The van der Waals surface area contributed by atoms with E-state index >= 15 is 0 Å². The lowest BCUT2D eigenvalue weighted by atomic mass is 10.0. The Bertz CT molecular complexity index is 371. The Labute approximate surface area is 114 Å². The Hall–Kier alpha value is -0.640. The van der Waals surface area contributed by atoms with Gasteiger partial charge in [-0.05, 0) is 26.1 Å². The lowest BCUT2D eigenvalue weighted by molar-refractivity contribution is 0.240. The van der Waals surface area contributed by atoms with E-state index in [-0.39, 0.29) is 16.9 Å². The summed E-state index contributed by atoms with van der Waals surface area (Å²) in [5.41, 5.74) is 6.36. The van der Waals surface area contributed by atoms with Gasteiger partial charge in [-0.25, -0.2) is 4.39 Å². The van der Waals surface area contributed by atoms with E-state index in [1.807, 2.05) is 7.05 Å². The predicted molar refractivity (Wildman–Crippen MR) is 75.4 cm³/mol. The molecule has 2 nitrogen and oxygen atoms in total. The molecular weight excluding hydrogens is 251 g/mol. The molecular formula is C14H22ClFN2. The van der Waals surface area contributed by atoms with Crippen LogP contribution in [0.25, 0.3) is 0 Å². The van der Waals surface area contributed by atoms with Crippen LogP contribution in [0, 0.1) is 5.82 Å². The number of hydrogen-bond acceptors (Lipinski definition) is 2. The molecule has 0 amide bonds. The molecule has 0 aliphatic rings. The first-order chi connectivity index (χ1) is 8.61. The fraction of sp³-hybridized carbons (Fsp3) is 0.571. The van der Waals surface area contributed by atoms with Gasteiger partial charge in [-0.1, -0.05) is 43.5 Å². The number of nitrogens with two attached hydrogens (primary N) is 1. The highest BCUT2D eigenvalue weighted by atomic mass is 35.5. The molecule has 0 aliphatic heterocycles. The van der Waals surface area contributed by atoms with Crippen molar-refractivity contribution in [1.29, 1.82) is 0 Å². The van der Waals surface area contributed by atoms with E-state index < -0.39 is 0 Å². The third-order valence-corrected chi connectivity index (χ3v) is 3.50. The minimum atomic E-state index is -0.350. The average molecular weight is 273 g/mol. The Morgan fingerprint density at radius 1 is 1.39 bits per heavy atom. The molecule has 1 rings (SSSR count). The van der Waals surface area contributed by atoms with Gasteiger partial charge >= 0.3 is 0 Å². The van der Waals surface area contributed by atoms with Crippen molar-refractivity contribution in [3.05, 3.63) is 34.6 Å². The van der Waals surface area contributed by atoms with Crippen LogP contribution in [0.4, 0.5) is 4.39 Å². The molecule has 1 unspecified atom stereocenters. The lowest BCUT2D eigenvalue weighted by Gasteiger charge is -2.27. The molecule has 0 aliphatic carbocycles. The van der Waals surface area contributed by atoms with E-state index in [2.05, 4.69) is 11.8 Å². The highest BCUT2D eigenvalue weighted by molar-refractivity contribution is 6.30. The van der Waals surface area contributed by atoms with Crippen LogP contribution in [-0.4, -0.2) is 25.0 Å². The molecule has 0 aromatic heterocycles. The van der Waals surface area contributed by atoms with Crippen molar-refractivity contribution in [2.75, 3.05) is 20.1 Å². The van der Waals surface area contributed by atoms with E-state index in [0.717, 1.165) is 13.0 Å². The fourth-order valence-corrected chi connectivity index (χ4v) is 2.27. The van der Waals surface area contributed by atoms with Gasteiger partial charge in [0, 0.05) is 18.2 Å². The quantitative estimate of drug-likeness (QED) is 0.769. The summed E-state index contributed by atoms with van der Waals surface area (Å²) in [6.07, 6.45) is 3.46. The Kier molecular flexibility index (Phi) is 6.61. The molecule has 2 N–H and O–H groups in total. The van der Waals surface area contributed by atoms with E-state index in [9.17, 15) is 4.39 Å². The highest BCUT2D eigenvalue weighted by Crippen LogP contribution is 2.26. The van der Waals surface area contributed by atoms with Crippen LogP contribution in [0.2, 0.25) is 5.02 Å². The Balaban J connectivity index is 2.78. The summed E-state index contributed by atoms with van der Waals surface area (Å²) in [6, 6.07) is 4.98. The maximum absolute atomic E-state index is 14.0. The fourth-order valence-electron chi connectivity index (χ4n) is 2.09. The maximum Gasteiger partial charge on any atom is 0.146 e. The summed E-state index contributed by atoms with van der Waals surface area (Å²) >= 11 is 5.81. The second kappa shape index (κ2) is 7.72. The molecule has 1 aromatic carbocycles. The zero-order valence-electron chi connectivity index (χ0n) is 11.1. The van der Waals surface area contributed by atoms with Crippen LogP contribution in [-0.2, 0) is 0 Å². The van der Waals surface area contributed by atoms with Gasteiger partial charge in [0.25, 0.3) is 0 Å². The number of benzene rings is 1. The van der Waals surface area contributed by atoms with Crippen molar-refractivity contribution in [2.24, 2.45) is 5.73 Å². The monoisotopic (exact) mass is 272 g/mol. The summed E-state index contributed by atoms with van der Waals surface area (Å²) in [6.45, 7) is 3.47. The minimum absolute atomic E-state index is 0.111. The number of rotatable bonds is 7. The molecule has 1 atom stereocenters. The molecule has 0 heterocycles. The topological polar surface area (TPSA) is 29.3 Å². The summed E-state index contributed by atoms with van der Waals surface area (Å²) in [7, 11) is 1.98. The van der Waals surface area contributed by atoms with E-state index in [0.29, 0.717) is 12.1 Å². The summed E-state index contributed by atoms with van der Waals surface area (Å²) in [5.74, 6) is -0.350. The average Bonchev–Trinajstić information content (AvgIpc) is 2.36. The number of likely N-dealkylation sites (N-methyl/N-ethyl adjacent to an activating group) is 1. The molecule has 18 heavy (non-hydrogen) atoms. The van der Waals surface area contributed by atoms with Crippen molar-refractivity contribution in [3.8, 4) is 0 Å². The zero-order chi connectivity index (χ0) is 13.5. The summed E-state index contributed by atoms with van der Waals surface area (Å²) in [5, 5.41) is 0.160. The standard InChI is InChI=1S/C14H22ClFN2/c1-3-4-5-9-18(2)13(10-17)11-7-6-8-12(15)14(11)16/h6-8,13H,3-5,9-10,17H2,1-2H3. The second-order valence-corrected chi connectivity index (χ2v) is 4.99. The van der Waals surface area contributed by atoms with Gasteiger partial charge in [0.15, 0.2) is 0 Å². The van der Waals surface area contributed by atoms with Crippen molar-refractivity contribution < 1.29 is 4.39 Å². The Morgan fingerprint density at radius 2 is 2.11 bits per heavy atom. The molecule has 0 bridgehead atoms. The van der Waals surface area contributed by atoms with E-state index in [1.165, 1.54) is 12.8 Å². The minimum Gasteiger partial charge on any atom is -0.329 e. The number of hydrogen-bond donors (Lipinski definition) is 1. The second-order valence-electron chi connectivity index (χ2n) is 4.58. The largest absolute Gasteiger partial charge is 0.329 e. The predicted octanol–water partition coefficient (Wildman–Crippen LogP) is 3.60. The molecule has 0 saturated carbocycles. The van der Waals surface area contributed by atoms with Gasteiger partial charge in [0.2, 0.25) is 0 Å². The summed E-state index contributed by atoms with van der Waals surface area (Å²) in [4.78, 5) is 2.10. The van der Waals surface area contributed by atoms with Crippen LogP contribution in [0.3, 0.4) is 0 Å². The van der Waals surface area contributed by atoms with Gasteiger partial charge in [0.1, 0.15) is 5.82 Å². The molecule has 1 aromatic rings. The first-order valence-electron chi connectivity index (χ1n) is 6.46. The van der Waals surface area contributed by atoms with Crippen molar-refractivity contribution in [3.63, 3.8) is 0 Å². The van der Waals surface area contributed by atoms with Crippen molar-refractivity contribution in [2.45, 2.75) is 32.2 Å². The van der Waals surface area contributed by atoms with Gasteiger partial charge < -0.3 is 5.73 Å². The lowest BCUT2D eigenvalue weighted by Crippen LogP contribution is -2.32. The van der Waals surface area contributed by atoms with Crippen molar-refractivity contribution in [1.82, 2.24) is 4.90 Å². The number of halogens is 2. The van der Waals surface area contributed by atoms with Crippen molar-refractivity contribution >= 4 is 11.6 Å². The van der Waals surface area contributed by atoms with Crippen LogP contribution in [0.5, 0.6) is 0 Å². The highest BCUT2D eigenvalue weighted by Gasteiger charge is 2.19. The van der Waals surface area contributed by atoms with Crippen LogP contribution in [0.1, 0.15) is 37.8 Å². The molecule has 4 heteroatoms. The molecule has 0 saturated heterocycles. The third kappa shape index (κ3) is 3.94. The SMILES string of the molecule is CCCCCN(C)C(CN)c1cccc(Cl)c1F. The normalized spacial score (nSPS) is 13.0. The molecule has 0 radical (unpaired) electrons. The molecule has 102 valence electrons.